The standard InChI is InChI=1S/C7H8.C5H11NO/c1-7-5-3-2-4-6-7;1-5(2)6-3-4-7-5/h2-6H,1H3;6H,3-4H2,1-2H3. The van der Waals surface area contributed by atoms with Gasteiger partial charge in [0, 0.05) is 6.54 Å². The van der Waals surface area contributed by atoms with Crippen LogP contribution in [-0.2, 0) is 4.74 Å². The molecule has 0 saturated carbocycles. The summed E-state index contributed by atoms with van der Waals surface area (Å²) in [5.41, 5.74) is 1.27. The molecule has 0 atom stereocenters. The molecule has 78 valence electrons. The van der Waals surface area contributed by atoms with Crippen LogP contribution in [0.1, 0.15) is 19.4 Å². The van der Waals surface area contributed by atoms with Gasteiger partial charge >= 0.3 is 0 Å². The third-order valence-corrected chi connectivity index (χ3v) is 2.06. The molecule has 1 aromatic rings. The third kappa shape index (κ3) is 4.40. The van der Waals surface area contributed by atoms with Crippen molar-refractivity contribution in [2.24, 2.45) is 0 Å². The number of nitrogens with one attached hydrogen (secondary N) is 1. The van der Waals surface area contributed by atoms with Gasteiger partial charge in [0.15, 0.2) is 0 Å². The van der Waals surface area contributed by atoms with Crippen LogP contribution in [0.5, 0.6) is 0 Å². The monoisotopic (exact) mass is 193 g/mol. The zero-order valence-corrected chi connectivity index (χ0v) is 9.21. The molecular weight excluding hydrogens is 174 g/mol. The number of aryl methyl sites for hydroxylation is 1. The van der Waals surface area contributed by atoms with Crippen molar-refractivity contribution < 1.29 is 4.74 Å². The molecule has 1 aliphatic rings. The third-order valence-electron chi connectivity index (χ3n) is 2.06. The quantitative estimate of drug-likeness (QED) is 0.683. The summed E-state index contributed by atoms with van der Waals surface area (Å²) in [6, 6.07) is 10.3. The van der Waals surface area contributed by atoms with Gasteiger partial charge in [-0.2, -0.15) is 0 Å². The topological polar surface area (TPSA) is 21.3 Å². The molecule has 1 N–H and O–H groups in total. The molecule has 0 aliphatic carbocycles. The van der Waals surface area contributed by atoms with E-state index in [2.05, 4.69) is 24.4 Å². The number of hydrogen-bond donors (Lipinski definition) is 1. The molecule has 0 bridgehead atoms. The predicted molar refractivity (Wildman–Crippen MR) is 59.2 cm³/mol. The fourth-order valence-corrected chi connectivity index (χ4v) is 1.24. The highest BCUT2D eigenvalue weighted by Gasteiger charge is 2.21. The zero-order valence-electron chi connectivity index (χ0n) is 9.21. The smallest absolute Gasteiger partial charge is 0.113 e. The van der Waals surface area contributed by atoms with E-state index >= 15 is 0 Å². The van der Waals surface area contributed by atoms with Crippen LogP contribution < -0.4 is 5.32 Å². The Morgan fingerprint density at radius 2 is 1.86 bits per heavy atom. The Labute approximate surface area is 86.3 Å². The summed E-state index contributed by atoms with van der Waals surface area (Å²) in [6.07, 6.45) is 0. The van der Waals surface area contributed by atoms with Crippen molar-refractivity contribution >= 4 is 0 Å². The van der Waals surface area contributed by atoms with E-state index in [0.29, 0.717) is 0 Å². The normalized spacial score (nSPS) is 18.5. The van der Waals surface area contributed by atoms with Crippen molar-refractivity contribution in [2.45, 2.75) is 26.5 Å². The van der Waals surface area contributed by atoms with E-state index < -0.39 is 0 Å². The Kier molecular flexibility index (Phi) is 4.11. The van der Waals surface area contributed by atoms with E-state index in [9.17, 15) is 0 Å². The van der Waals surface area contributed by atoms with Crippen molar-refractivity contribution in [1.29, 1.82) is 0 Å². The Balaban J connectivity index is 0.000000140. The van der Waals surface area contributed by atoms with Crippen molar-refractivity contribution in [3.05, 3.63) is 35.9 Å². The molecule has 1 saturated heterocycles. The molecule has 1 heterocycles. The van der Waals surface area contributed by atoms with Crippen molar-refractivity contribution in [3.63, 3.8) is 0 Å². The van der Waals surface area contributed by atoms with Crippen LogP contribution in [0.4, 0.5) is 0 Å². The lowest BCUT2D eigenvalue weighted by molar-refractivity contribution is 0.0233. The fourth-order valence-electron chi connectivity index (χ4n) is 1.24. The Hall–Kier alpha value is -0.860. The first-order chi connectivity index (χ1) is 6.60. The second-order valence-corrected chi connectivity index (χ2v) is 3.94. The second-order valence-electron chi connectivity index (χ2n) is 3.94. The Morgan fingerprint density at radius 3 is 2.07 bits per heavy atom. The summed E-state index contributed by atoms with van der Waals surface area (Å²) < 4.78 is 5.23. The minimum absolute atomic E-state index is 0.0556. The van der Waals surface area contributed by atoms with E-state index in [4.69, 9.17) is 4.74 Å². The minimum Gasteiger partial charge on any atom is -0.360 e. The number of rotatable bonds is 0. The van der Waals surface area contributed by atoms with Gasteiger partial charge < -0.3 is 4.74 Å². The van der Waals surface area contributed by atoms with Crippen LogP contribution >= 0.6 is 0 Å². The molecule has 1 fully saturated rings. The highest BCUT2D eigenvalue weighted by atomic mass is 16.5. The van der Waals surface area contributed by atoms with Gasteiger partial charge in [0.25, 0.3) is 0 Å². The molecule has 0 unspecified atom stereocenters. The SMILES string of the molecule is CC1(C)NCCO1.Cc1ccccc1. The molecule has 2 rings (SSSR count). The van der Waals surface area contributed by atoms with Crippen LogP contribution in [0.25, 0.3) is 0 Å². The van der Waals surface area contributed by atoms with Crippen LogP contribution in [0.2, 0.25) is 0 Å². The lowest BCUT2D eigenvalue weighted by Gasteiger charge is -2.15. The van der Waals surface area contributed by atoms with Gasteiger partial charge in [-0.3, -0.25) is 5.32 Å². The van der Waals surface area contributed by atoms with Crippen LogP contribution in [0.15, 0.2) is 30.3 Å². The Morgan fingerprint density at radius 1 is 1.21 bits per heavy atom. The average molecular weight is 193 g/mol. The van der Waals surface area contributed by atoms with Gasteiger partial charge in [-0.25, -0.2) is 0 Å². The summed E-state index contributed by atoms with van der Waals surface area (Å²) in [5, 5.41) is 3.17. The molecule has 0 spiro atoms. The van der Waals surface area contributed by atoms with Crippen molar-refractivity contribution in [2.75, 3.05) is 13.2 Å². The van der Waals surface area contributed by atoms with E-state index in [1.165, 1.54) is 5.56 Å². The molecular formula is C12H19NO. The van der Waals surface area contributed by atoms with Gasteiger partial charge in [-0.05, 0) is 20.8 Å². The van der Waals surface area contributed by atoms with Crippen molar-refractivity contribution in [1.82, 2.24) is 5.32 Å². The lowest BCUT2D eigenvalue weighted by atomic mass is 10.2. The number of ether oxygens (including phenoxy) is 1. The van der Waals surface area contributed by atoms with Gasteiger partial charge in [0.1, 0.15) is 5.72 Å². The summed E-state index contributed by atoms with van der Waals surface area (Å²) in [6.45, 7) is 7.99. The average Bonchev–Trinajstić information content (AvgIpc) is 2.52. The molecule has 0 aromatic heterocycles. The van der Waals surface area contributed by atoms with Crippen LogP contribution in [0, 0.1) is 6.92 Å². The maximum atomic E-state index is 5.23. The van der Waals surface area contributed by atoms with E-state index in [1.807, 2.05) is 32.0 Å². The number of hydrogen-bond acceptors (Lipinski definition) is 2. The highest BCUT2D eigenvalue weighted by molar-refractivity contribution is 5.11. The lowest BCUT2D eigenvalue weighted by Crippen LogP contribution is -2.33. The predicted octanol–water partition coefficient (Wildman–Crippen LogP) is 2.34. The van der Waals surface area contributed by atoms with Gasteiger partial charge in [-0.1, -0.05) is 35.9 Å². The number of benzene rings is 1. The van der Waals surface area contributed by atoms with Crippen molar-refractivity contribution in [3.8, 4) is 0 Å². The van der Waals surface area contributed by atoms with Gasteiger partial charge in [0.2, 0.25) is 0 Å². The fraction of sp³-hybridized carbons (Fsp3) is 0.500. The molecule has 14 heavy (non-hydrogen) atoms. The van der Waals surface area contributed by atoms with Crippen LogP contribution in [-0.4, -0.2) is 18.9 Å². The zero-order chi connectivity index (χ0) is 10.4. The largest absolute Gasteiger partial charge is 0.360 e. The summed E-state index contributed by atoms with van der Waals surface area (Å²) in [7, 11) is 0. The Bertz CT molecular complexity index is 248. The maximum absolute atomic E-state index is 5.23. The van der Waals surface area contributed by atoms with Crippen LogP contribution in [0.3, 0.4) is 0 Å². The first kappa shape index (κ1) is 11.2. The first-order valence-electron chi connectivity index (χ1n) is 5.01. The maximum Gasteiger partial charge on any atom is 0.113 e. The second kappa shape index (κ2) is 5.13. The van der Waals surface area contributed by atoms with E-state index in [0.717, 1.165) is 13.2 Å². The van der Waals surface area contributed by atoms with E-state index in [-0.39, 0.29) is 5.72 Å². The summed E-state index contributed by atoms with van der Waals surface area (Å²) >= 11 is 0. The summed E-state index contributed by atoms with van der Waals surface area (Å²) in [5.74, 6) is 0. The minimum atomic E-state index is -0.0556. The molecule has 0 radical (unpaired) electrons. The molecule has 0 amide bonds. The highest BCUT2D eigenvalue weighted by Crippen LogP contribution is 2.07. The van der Waals surface area contributed by atoms with Gasteiger partial charge in [0.05, 0.1) is 6.61 Å². The first-order valence-corrected chi connectivity index (χ1v) is 5.01. The molecule has 2 heteroatoms. The molecule has 1 aromatic carbocycles. The molecule has 1 aliphatic heterocycles. The molecule has 2 nitrogen and oxygen atoms in total. The summed E-state index contributed by atoms with van der Waals surface area (Å²) in [4.78, 5) is 0. The van der Waals surface area contributed by atoms with Gasteiger partial charge in [-0.15, -0.1) is 0 Å². The van der Waals surface area contributed by atoms with E-state index in [1.54, 1.807) is 0 Å².